The molecule has 4 N–H and O–H groups in total. The van der Waals surface area contributed by atoms with Crippen molar-refractivity contribution in [2.24, 2.45) is 5.92 Å². The van der Waals surface area contributed by atoms with Crippen molar-refractivity contribution >= 4 is 23.0 Å². The van der Waals surface area contributed by atoms with E-state index in [2.05, 4.69) is 27.2 Å². The summed E-state index contributed by atoms with van der Waals surface area (Å²) in [5.41, 5.74) is 0.437. The van der Waals surface area contributed by atoms with E-state index < -0.39 is 41.6 Å². The molecule has 1 aliphatic rings. The van der Waals surface area contributed by atoms with Crippen LogP contribution in [0.25, 0.3) is 11.2 Å². The third kappa shape index (κ3) is 7.30. The summed E-state index contributed by atoms with van der Waals surface area (Å²) in [5.74, 6) is 0.521. The molecule has 0 radical (unpaired) electrons. The lowest BCUT2D eigenvalue weighted by molar-refractivity contribution is -0.118. The van der Waals surface area contributed by atoms with Crippen LogP contribution in [0, 0.1) is 5.92 Å². The Morgan fingerprint density at radius 1 is 0.962 bits per heavy atom. The normalized spacial score (nSPS) is 19.4. The van der Waals surface area contributed by atoms with Gasteiger partial charge < -0.3 is 29.2 Å². The van der Waals surface area contributed by atoms with Crippen molar-refractivity contribution in [1.82, 2.24) is 19.5 Å². The van der Waals surface area contributed by atoms with E-state index in [1.54, 1.807) is 28.1 Å². The van der Waals surface area contributed by atoms with Crippen LogP contribution in [0.1, 0.15) is 63.0 Å². The van der Waals surface area contributed by atoms with E-state index in [9.17, 15) is 19.8 Å². The zero-order valence-electron chi connectivity index (χ0n) is 30.6. The first-order valence-electron chi connectivity index (χ1n) is 17.9. The van der Waals surface area contributed by atoms with Gasteiger partial charge in [0.25, 0.3) is 5.56 Å². The molecule has 1 fully saturated rings. The van der Waals surface area contributed by atoms with Gasteiger partial charge in [0.05, 0.1) is 26.0 Å². The van der Waals surface area contributed by atoms with Crippen molar-refractivity contribution in [3.05, 3.63) is 112 Å². The number of H-pyrrole nitrogens is 1. The number of unbranched alkanes of at least 4 members (excludes halogenated alkanes) is 2. The second-order valence-electron chi connectivity index (χ2n) is 13.5. The molecule has 1 saturated heterocycles. The first-order chi connectivity index (χ1) is 25.6. The number of hydrogen-bond donors (Lipinski definition) is 4. The predicted molar refractivity (Wildman–Crippen MR) is 199 cm³/mol. The number of methoxy groups -OCH3 is 2. The van der Waals surface area contributed by atoms with Gasteiger partial charge in [-0.3, -0.25) is 24.5 Å². The van der Waals surface area contributed by atoms with Crippen LogP contribution in [0.5, 0.6) is 11.5 Å². The first-order valence-corrected chi connectivity index (χ1v) is 17.9. The topological polar surface area (TPSA) is 170 Å². The molecule has 5 atom stereocenters. The number of rotatable bonds is 15. The minimum Gasteiger partial charge on any atom is -0.497 e. The first kappa shape index (κ1) is 37.7. The minimum atomic E-state index is -1.42. The van der Waals surface area contributed by atoms with Crippen molar-refractivity contribution in [3.8, 4) is 11.5 Å². The number of benzene rings is 3. The smallest absolute Gasteiger partial charge is 0.280 e. The van der Waals surface area contributed by atoms with E-state index in [4.69, 9.17) is 18.9 Å². The highest BCUT2D eigenvalue weighted by Gasteiger charge is 2.56. The fourth-order valence-electron chi connectivity index (χ4n) is 7.01. The van der Waals surface area contributed by atoms with Crippen molar-refractivity contribution in [2.75, 3.05) is 26.1 Å². The third-order valence-electron chi connectivity index (χ3n) is 9.86. The van der Waals surface area contributed by atoms with Gasteiger partial charge in [0, 0.05) is 12.5 Å². The Morgan fingerprint density at radius 2 is 1.57 bits per heavy atom. The molecule has 0 bridgehead atoms. The Labute approximate surface area is 307 Å². The summed E-state index contributed by atoms with van der Waals surface area (Å²) in [7, 11) is 3.18. The number of carbonyl (C=O) groups is 1. The fourth-order valence-corrected chi connectivity index (χ4v) is 7.01. The van der Waals surface area contributed by atoms with E-state index in [1.165, 1.54) is 10.9 Å². The molecule has 5 aromatic rings. The highest BCUT2D eigenvalue weighted by Crippen LogP contribution is 2.48. The number of imidazole rings is 1. The van der Waals surface area contributed by atoms with Crippen molar-refractivity contribution in [2.45, 2.75) is 76.1 Å². The van der Waals surface area contributed by atoms with Crippen LogP contribution in [-0.2, 0) is 19.7 Å². The summed E-state index contributed by atoms with van der Waals surface area (Å²) < 4.78 is 25.6. The Kier molecular flexibility index (Phi) is 11.6. The second kappa shape index (κ2) is 16.3. The molecule has 1 unspecified atom stereocenters. The van der Waals surface area contributed by atoms with Gasteiger partial charge in [-0.05, 0) is 47.4 Å². The van der Waals surface area contributed by atoms with Gasteiger partial charge in [0.2, 0.25) is 11.9 Å². The van der Waals surface area contributed by atoms with E-state index in [0.29, 0.717) is 29.2 Å². The van der Waals surface area contributed by atoms with Gasteiger partial charge in [0.15, 0.2) is 17.4 Å². The molecule has 1 amide bonds. The number of anilines is 1. The summed E-state index contributed by atoms with van der Waals surface area (Å²) >= 11 is 0. The Morgan fingerprint density at radius 3 is 2.13 bits per heavy atom. The van der Waals surface area contributed by atoms with Gasteiger partial charge in [0.1, 0.15) is 35.9 Å². The molecule has 280 valence electrons. The van der Waals surface area contributed by atoms with Crippen molar-refractivity contribution in [1.29, 1.82) is 0 Å². The van der Waals surface area contributed by atoms with Crippen LogP contribution in [-0.4, -0.2) is 80.9 Å². The lowest BCUT2D eigenvalue weighted by Crippen LogP contribution is -2.52. The van der Waals surface area contributed by atoms with E-state index in [-0.39, 0.29) is 28.9 Å². The largest absolute Gasteiger partial charge is 0.497 e. The summed E-state index contributed by atoms with van der Waals surface area (Å²) in [4.78, 5) is 37.1. The van der Waals surface area contributed by atoms with Gasteiger partial charge in [-0.15, -0.1) is 0 Å². The number of carbonyl (C=O) groups excluding carboxylic acids is 1. The summed E-state index contributed by atoms with van der Waals surface area (Å²) in [6.45, 7) is 5.85. The minimum absolute atomic E-state index is 0.00876. The predicted octanol–water partition coefficient (Wildman–Crippen LogP) is 4.96. The van der Waals surface area contributed by atoms with Crippen LogP contribution in [0.4, 0.5) is 5.95 Å². The molecule has 13 heteroatoms. The number of hydrogen-bond acceptors (Lipinski definition) is 10. The maximum atomic E-state index is 13.1. The molecular weight excluding hydrogens is 678 g/mol. The molecular formula is C40H47N5O8. The molecule has 6 rings (SSSR count). The molecule has 0 saturated carbocycles. The second-order valence-corrected chi connectivity index (χ2v) is 13.5. The average molecular weight is 726 g/mol. The molecule has 1 aliphatic heterocycles. The number of aliphatic hydroxyl groups excluding tert-OH is 2. The molecule has 0 spiro atoms. The number of fused-ring (bicyclic) bond motifs is 1. The highest BCUT2D eigenvalue weighted by molar-refractivity contribution is 5.91. The number of nitrogens with one attached hydrogen (secondary N) is 2. The number of nitrogens with zero attached hydrogens (tertiary/aromatic N) is 3. The van der Waals surface area contributed by atoms with Crippen LogP contribution < -0.4 is 20.3 Å². The lowest BCUT2D eigenvalue weighted by atomic mass is 9.64. The van der Waals surface area contributed by atoms with Crippen molar-refractivity contribution in [3.63, 3.8) is 0 Å². The Hall–Kier alpha value is -5.08. The standard InChI is InChI=1S/C40H47N5O8/c1-6-7-11-22-52-33-31(46)32(53-38(33)45-23-41-30-35(45)42-39(44-37(30)49)43-36(48)24(2)3)34(47)40(25-12-9-8-10-13-25,26-14-18-28(50-4)19-15-26)27-16-20-29(51-5)21-17-27/h8-10,12-21,23-24,31-34,38,46-47H,6-7,11,22H2,1-5H3,(H2,42,43,44,48,49)/t31-,32+,33-,34?,38-/m1/s1. The van der Waals surface area contributed by atoms with Gasteiger partial charge in [-0.2, -0.15) is 4.98 Å². The number of aromatic nitrogens is 4. The average Bonchev–Trinajstić information content (AvgIpc) is 3.75. The van der Waals surface area contributed by atoms with Crippen LogP contribution in [0.3, 0.4) is 0 Å². The molecule has 3 heterocycles. The lowest BCUT2D eigenvalue weighted by Gasteiger charge is -2.43. The zero-order chi connectivity index (χ0) is 37.7. The van der Waals surface area contributed by atoms with Crippen LogP contribution in [0.15, 0.2) is 90.0 Å². The van der Waals surface area contributed by atoms with E-state index in [0.717, 1.165) is 24.8 Å². The van der Waals surface area contributed by atoms with Crippen LogP contribution in [0.2, 0.25) is 0 Å². The fraction of sp³-hybridized carbons (Fsp3) is 0.400. The SMILES string of the molecule is CCCCCO[C@@H]1[C@H](O)[C@@H](C(O)C(c2ccccc2)(c2ccc(OC)cc2)c2ccc(OC)cc2)O[C@H]1n1cnc2c(=O)[nH]c(NC(=O)C(C)C)nc21. The number of amides is 1. The zero-order valence-corrected chi connectivity index (χ0v) is 30.6. The molecule has 53 heavy (non-hydrogen) atoms. The summed E-state index contributed by atoms with van der Waals surface area (Å²) in [5, 5.41) is 27.9. The number of aliphatic hydroxyl groups is 2. The van der Waals surface area contributed by atoms with Gasteiger partial charge in [-0.1, -0.05) is 88.2 Å². The highest BCUT2D eigenvalue weighted by atomic mass is 16.6. The van der Waals surface area contributed by atoms with Gasteiger partial charge >= 0.3 is 0 Å². The summed E-state index contributed by atoms with van der Waals surface area (Å²) in [6.07, 6.45) is -2.07. The van der Waals surface area contributed by atoms with Crippen LogP contribution >= 0.6 is 0 Å². The Balaban J connectivity index is 1.50. The quantitative estimate of drug-likeness (QED) is 0.0855. The van der Waals surface area contributed by atoms with Gasteiger partial charge in [-0.25, -0.2) is 4.98 Å². The molecule has 2 aromatic heterocycles. The molecule has 3 aromatic carbocycles. The van der Waals surface area contributed by atoms with Crippen molar-refractivity contribution < 1.29 is 34.0 Å². The monoisotopic (exact) mass is 725 g/mol. The maximum Gasteiger partial charge on any atom is 0.280 e. The summed E-state index contributed by atoms with van der Waals surface area (Å²) in [6, 6.07) is 24.4. The molecule has 13 nitrogen and oxygen atoms in total. The third-order valence-corrected chi connectivity index (χ3v) is 9.86. The number of aromatic amines is 1. The maximum absolute atomic E-state index is 13.1. The number of ether oxygens (including phenoxy) is 4. The Bertz CT molecular complexity index is 1980. The van der Waals surface area contributed by atoms with E-state index in [1.807, 2.05) is 78.9 Å². The van der Waals surface area contributed by atoms with E-state index >= 15 is 0 Å². The molecule has 0 aliphatic carbocycles.